The molecule has 1 saturated heterocycles. The number of H-pyrrole nitrogens is 1. The molecule has 0 atom stereocenters. The Labute approximate surface area is 95.5 Å². The molecule has 0 bridgehead atoms. The van der Waals surface area contributed by atoms with Crippen molar-refractivity contribution in [2.24, 2.45) is 0 Å². The van der Waals surface area contributed by atoms with E-state index in [1.807, 2.05) is 6.20 Å². The minimum absolute atomic E-state index is 0.706. The van der Waals surface area contributed by atoms with Crippen LogP contribution in [0.15, 0.2) is 24.4 Å². The smallest absolute Gasteiger partial charge is 0.0653 e. The molecule has 2 heterocycles. The molecule has 1 aromatic heterocycles. The van der Waals surface area contributed by atoms with Crippen LogP contribution in [0, 0.1) is 0 Å². The minimum Gasteiger partial charge on any atom is -0.306 e. The molecule has 0 spiro atoms. The Morgan fingerprint density at radius 2 is 2.12 bits per heavy atom. The molecule has 2 aromatic rings. The number of nitrogens with one attached hydrogen (secondary N) is 1. The highest BCUT2D eigenvalue weighted by molar-refractivity contribution is 5.82. The van der Waals surface area contributed by atoms with Crippen molar-refractivity contribution in [3.05, 3.63) is 30.0 Å². The summed E-state index contributed by atoms with van der Waals surface area (Å²) in [5, 5.41) is 8.49. The van der Waals surface area contributed by atoms with E-state index in [2.05, 4.69) is 40.3 Å². The fourth-order valence-electron chi connectivity index (χ4n) is 2.67. The molecule has 16 heavy (non-hydrogen) atoms. The summed E-state index contributed by atoms with van der Waals surface area (Å²) >= 11 is 0. The maximum atomic E-state index is 4.14. The van der Waals surface area contributed by atoms with E-state index in [1.165, 1.54) is 36.9 Å². The van der Waals surface area contributed by atoms with Gasteiger partial charge in [0, 0.05) is 5.39 Å². The number of likely N-dealkylation sites (tertiary alicyclic amines) is 1. The Kier molecular flexibility index (Phi) is 2.40. The molecular formula is C13H17N3. The summed E-state index contributed by atoms with van der Waals surface area (Å²) in [5.74, 6) is 0.706. The summed E-state index contributed by atoms with van der Waals surface area (Å²) in [7, 11) is 2.20. The van der Waals surface area contributed by atoms with Crippen LogP contribution < -0.4 is 0 Å². The van der Waals surface area contributed by atoms with E-state index in [1.54, 1.807) is 0 Å². The van der Waals surface area contributed by atoms with Crippen LogP contribution in [0.3, 0.4) is 0 Å². The third kappa shape index (κ3) is 1.61. The molecule has 0 amide bonds. The summed E-state index contributed by atoms with van der Waals surface area (Å²) in [6.45, 7) is 2.41. The number of nitrogens with zero attached hydrogens (tertiary/aromatic N) is 2. The molecule has 1 aliphatic heterocycles. The number of hydrogen-bond acceptors (Lipinski definition) is 2. The van der Waals surface area contributed by atoms with Crippen LogP contribution in [-0.2, 0) is 0 Å². The van der Waals surface area contributed by atoms with Crippen molar-refractivity contribution in [3.8, 4) is 0 Å². The number of benzene rings is 1. The van der Waals surface area contributed by atoms with E-state index >= 15 is 0 Å². The topological polar surface area (TPSA) is 31.9 Å². The van der Waals surface area contributed by atoms with Crippen LogP contribution in [0.1, 0.15) is 24.3 Å². The molecule has 1 aromatic carbocycles. The predicted molar refractivity (Wildman–Crippen MR) is 65.6 cm³/mol. The van der Waals surface area contributed by atoms with Gasteiger partial charge in [-0.1, -0.05) is 12.1 Å². The molecule has 0 saturated carbocycles. The van der Waals surface area contributed by atoms with Crippen LogP contribution in [-0.4, -0.2) is 35.2 Å². The molecule has 1 fully saturated rings. The van der Waals surface area contributed by atoms with Crippen LogP contribution in [0.5, 0.6) is 0 Å². The fraction of sp³-hybridized carbons (Fsp3) is 0.462. The van der Waals surface area contributed by atoms with Crippen LogP contribution >= 0.6 is 0 Å². The van der Waals surface area contributed by atoms with Crippen molar-refractivity contribution < 1.29 is 0 Å². The van der Waals surface area contributed by atoms with Crippen molar-refractivity contribution in [2.75, 3.05) is 20.1 Å². The number of fused-ring (bicyclic) bond motifs is 1. The van der Waals surface area contributed by atoms with E-state index in [9.17, 15) is 0 Å². The molecule has 1 N–H and O–H groups in total. The molecule has 3 rings (SSSR count). The highest BCUT2D eigenvalue weighted by Crippen LogP contribution is 2.31. The summed E-state index contributed by atoms with van der Waals surface area (Å²) in [4.78, 5) is 2.41. The Morgan fingerprint density at radius 3 is 2.94 bits per heavy atom. The third-order valence-electron chi connectivity index (χ3n) is 3.68. The second kappa shape index (κ2) is 3.91. The summed E-state index contributed by atoms with van der Waals surface area (Å²) in [5.41, 5.74) is 2.63. The zero-order chi connectivity index (χ0) is 11.0. The van der Waals surface area contributed by atoms with Gasteiger partial charge in [0.05, 0.1) is 11.7 Å². The number of aromatic amines is 1. The van der Waals surface area contributed by atoms with Crippen LogP contribution in [0.25, 0.3) is 10.9 Å². The SMILES string of the molecule is CN1CCC(c2cccc3[nH]ncc23)CC1. The molecule has 1 aliphatic rings. The van der Waals surface area contributed by atoms with Crippen molar-refractivity contribution in [1.82, 2.24) is 15.1 Å². The van der Waals surface area contributed by atoms with Crippen molar-refractivity contribution in [3.63, 3.8) is 0 Å². The number of aromatic nitrogens is 2. The van der Waals surface area contributed by atoms with Crippen LogP contribution in [0.2, 0.25) is 0 Å². The van der Waals surface area contributed by atoms with Gasteiger partial charge < -0.3 is 4.90 Å². The summed E-state index contributed by atoms with van der Waals surface area (Å²) in [6, 6.07) is 6.49. The Balaban J connectivity index is 1.96. The van der Waals surface area contributed by atoms with Gasteiger partial charge >= 0.3 is 0 Å². The average Bonchev–Trinajstić information content (AvgIpc) is 2.78. The van der Waals surface area contributed by atoms with Gasteiger partial charge in [-0.3, -0.25) is 5.10 Å². The average molecular weight is 215 g/mol. The van der Waals surface area contributed by atoms with Gasteiger partial charge in [0.25, 0.3) is 0 Å². The van der Waals surface area contributed by atoms with Crippen LogP contribution in [0.4, 0.5) is 0 Å². The fourth-order valence-corrected chi connectivity index (χ4v) is 2.67. The lowest BCUT2D eigenvalue weighted by Crippen LogP contribution is -2.29. The maximum Gasteiger partial charge on any atom is 0.0653 e. The largest absolute Gasteiger partial charge is 0.306 e. The van der Waals surface area contributed by atoms with E-state index in [0.29, 0.717) is 5.92 Å². The lowest BCUT2D eigenvalue weighted by molar-refractivity contribution is 0.256. The van der Waals surface area contributed by atoms with Gasteiger partial charge in [-0.2, -0.15) is 5.10 Å². The van der Waals surface area contributed by atoms with E-state index in [0.717, 1.165) is 5.52 Å². The summed E-state index contributed by atoms with van der Waals surface area (Å²) in [6.07, 6.45) is 4.49. The molecule has 0 aliphatic carbocycles. The number of piperidine rings is 1. The number of rotatable bonds is 1. The molecule has 0 unspecified atom stereocenters. The Hall–Kier alpha value is -1.35. The zero-order valence-corrected chi connectivity index (χ0v) is 9.61. The summed E-state index contributed by atoms with van der Waals surface area (Å²) < 4.78 is 0. The van der Waals surface area contributed by atoms with Gasteiger partial charge in [-0.25, -0.2) is 0 Å². The monoisotopic (exact) mass is 215 g/mol. The van der Waals surface area contributed by atoms with E-state index < -0.39 is 0 Å². The van der Waals surface area contributed by atoms with E-state index in [-0.39, 0.29) is 0 Å². The van der Waals surface area contributed by atoms with Gasteiger partial charge in [0.15, 0.2) is 0 Å². The number of hydrogen-bond donors (Lipinski definition) is 1. The lowest BCUT2D eigenvalue weighted by atomic mass is 9.88. The third-order valence-corrected chi connectivity index (χ3v) is 3.68. The quantitative estimate of drug-likeness (QED) is 0.792. The van der Waals surface area contributed by atoms with Crippen molar-refractivity contribution >= 4 is 10.9 Å². The first-order valence-corrected chi connectivity index (χ1v) is 5.95. The van der Waals surface area contributed by atoms with Crippen molar-refractivity contribution in [1.29, 1.82) is 0 Å². The molecular weight excluding hydrogens is 198 g/mol. The highest BCUT2D eigenvalue weighted by Gasteiger charge is 2.20. The first kappa shape index (κ1) is 9.85. The van der Waals surface area contributed by atoms with Gasteiger partial charge in [-0.15, -0.1) is 0 Å². The van der Waals surface area contributed by atoms with E-state index in [4.69, 9.17) is 0 Å². The molecule has 84 valence electrons. The Morgan fingerprint density at radius 1 is 1.31 bits per heavy atom. The standard InChI is InChI=1S/C13H17N3/c1-16-7-5-10(6-8-16)11-3-2-4-13-12(11)9-14-15-13/h2-4,9-10H,5-8H2,1H3,(H,14,15). The normalized spacial score (nSPS) is 19.3. The zero-order valence-electron chi connectivity index (χ0n) is 9.61. The van der Waals surface area contributed by atoms with Gasteiger partial charge in [-0.05, 0) is 50.5 Å². The molecule has 3 nitrogen and oxygen atoms in total. The van der Waals surface area contributed by atoms with Gasteiger partial charge in [0.2, 0.25) is 0 Å². The maximum absolute atomic E-state index is 4.14. The predicted octanol–water partition coefficient (Wildman–Crippen LogP) is 2.37. The first-order valence-electron chi connectivity index (χ1n) is 5.95. The minimum atomic E-state index is 0.706. The van der Waals surface area contributed by atoms with Gasteiger partial charge in [0.1, 0.15) is 0 Å². The second-order valence-electron chi connectivity index (χ2n) is 4.76. The second-order valence-corrected chi connectivity index (χ2v) is 4.76. The molecule has 0 radical (unpaired) electrons. The lowest BCUT2D eigenvalue weighted by Gasteiger charge is -2.29. The molecule has 3 heteroatoms. The Bertz CT molecular complexity index is 481. The van der Waals surface area contributed by atoms with Crippen molar-refractivity contribution in [2.45, 2.75) is 18.8 Å². The highest BCUT2D eigenvalue weighted by atomic mass is 15.1. The first-order chi connectivity index (χ1) is 7.84.